The second-order valence-corrected chi connectivity index (χ2v) is 8.70. The lowest BCUT2D eigenvalue weighted by Gasteiger charge is -2.30. The standard InChI is InChI=1S/C24H21F4N5O/c1-12(16-5-4-6-19(22(16)25)24(26,27)28)30-23-18-9-21(33-10-15-7-14(33)11-34-15)20(29-3)8-17(18)13(2)31-32-23/h4-6,8-9,12,14-15H,7,10-11H2,1-2H3,(H,30,32)/t12-,14-,15-/m1/s1. The molecule has 176 valence electrons. The molecule has 2 aromatic carbocycles. The Morgan fingerprint density at radius 2 is 2.03 bits per heavy atom. The lowest BCUT2D eigenvalue weighted by atomic mass is 10.0. The van der Waals surface area contributed by atoms with Gasteiger partial charge in [-0.3, -0.25) is 0 Å². The van der Waals surface area contributed by atoms with Crippen LogP contribution in [0.2, 0.25) is 0 Å². The van der Waals surface area contributed by atoms with Crippen LogP contribution in [0.15, 0.2) is 30.3 Å². The van der Waals surface area contributed by atoms with Gasteiger partial charge < -0.3 is 15.0 Å². The molecule has 0 aliphatic carbocycles. The summed E-state index contributed by atoms with van der Waals surface area (Å²) >= 11 is 0. The summed E-state index contributed by atoms with van der Waals surface area (Å²) in [4.78, 5) is 5.88. The molecular weight excluding hydrogens is 450 g/mol. The summed E-state index contributed by atoms with van der Waals surface area (Å²) in [7, 11) is 0. The Balaban J connectivity index is 1.56. The third-order valence-corrected chi connectivity index (χ3v) is 6.54. The minimum atomic E-state index is -4.79. The van der Waals surface area contributed by atoms with Crippen LogP contribution >= 0.6 is 0 Å². The first-order chi connectivity index (χ1) is 16.2. The first-order valence-electron chi connectivity index (χ1n) is 10.9. The second-order valence-electron chi connectivity index (χ2n) is 8.70. The van der Waals surface area contributed by atoms with Crippen molar-refractivity contribution >= 4 is 28.0 Å². The van der Waals surface area contributed by atoms with Gasteiger partial charge in [-0.1, -0.05) is 12.1 Å². The van der Waals surface area contributed by atoms with E-state index in [2.05, 4.69) is 25.3 Å². The van der Waals surface area contributed by atoms with Crippen molar-refractivity contribution in [3.63, 3.8) is 0 Å². The zero-order valence-corrected chi connectivity index (χ0v) is 18.4. The van der Waals surface area contributed by atoms with Gasteiger partial charge in [0.15, 0.2) is 5.82 Å². The van der Waals surface area contributed by atoms with Crippen LogP contribution < -0.4 is 10.2 Å². The molecule has 3 aromatic rings. The van der Waals surface area contributed by atoms with Crippen LogP contribution in [0.5, 0.6) is 0 Å². The fourth-order valence-electron chi connectivity index (χ4n) is 4.81. The number of aryl methyl sites for hydroxylation is 1. The average Bonchev–Trinajstić information content (AvgIpc) is 3.43. The molecule has 5 rings (SSSR count). The van der Waals surface area contributed by atoms with Crippen molar-refractivity contribution in [2.75, 3.05) is 23.4 Å². The first-order valence-corrected chi connectivity index (χ1v) is 10.9. The molecule has 0 saturated carbocycles. The Kier molecular flexibility index (Phi) is 5.32. The fraction of sp³-hybridized carbons (Fsp3) is 0.375. The predicted octanol–water partition coefficient (Wildman–Crippen LogP) is 5.80. The zero-order chi connectivity index (χ0) is 24.2. The third kappa shape index (κ3) is 3.70. The van der Waals surface area contributed by atoms with Gasteiger partial charge in [0, 0.05) is 23.2 Å². The van der Waals surface area contributed by atoms with Crippen molar-refractivity contribution in [2.24, 2.45) is 0 Å². The number of alkyl halides is 3. The third-order valence-electron chi connectivity index (χ3n) is 6.54. The summed E-state index contributed by atoms with van der Waals surface area (Å²) in [6.07, 6.45) is -3.75. The Morgan fingerprint density at radius 3 is 2.68 bits per heavy atom. The van der Waals surface area contributed by atoms with Crippen LogP contribution in [0.25, 0.3) is 15.6 Å². The molecule has 1 aromatic heterocycles. The van der Waals surface area contributed by atoms with Gasteiger partial charge in [0.2, 0.25) is 5.69 Å². The Bertz CT molecular complexity index is 1320. The van der Waals surface area contributed by atoms with Gasteiger partial charge in [-0.25, -0.2) is 9.24 Å². The lowest BCUT2D eigenvalue weighted by molar-refractivity contribution is -0.140. The molecule has 0 amide bonds. The number of aromatic nitrogens is 2. The van der Waals surface area contributed by atoms with E-state index in [4.69, 9.17) is 11.3 Å². The van der Waals surface area contributed by atoms with Gasteiger partial charge in [-0.15, -0.1) is 5.10 Å². The maximum atomic E-state index is 14.7. The van der Waals surface area contributed by atoms with E-state index in [-0.39, 0.29) is 17.7 Å². The molecule has 2 fully saturated rings. The van der Waals surface area contributed by atoms with E-state index in [1.54, 1.807) is 19.9 Å². The van der Waals surface area contributed by atoms with Crippen LogP contribution in [0.4, 0.5) is 34.8 Å². The number of rotatable bonds is 4. The van der Waals surface area contributed by atoms with Gasteiger partial charge in [-0.2, -0.15) is 18.3 Å². The molecule has 3 heterocycles. The summed E-state index contributed by atoms with van der Waals surface area (Å²) in [6, 6.07) is 6.21. The minimum Gasteiger partial charge on any atom is -0.374 e. The molecule has 0 spiro atoms. The number of halogens is 4. The molecule has 0 unspecified atom stereocenters. The Morgan fingerprint density at radius 1 is 1.24 bits per heavy atom. The normalized spacial score (nSPS) is 20.6. The van der Waals surface area contributed by atoms with E-state index in [0.29, 0.717) is 41.1 Å². The van der Waals surface area contributed by atoms with E-state index >= 15 is 0 Å². The quantitative estimate of drug-likeness (QED) is 0.385. The molecule has 10 heteroatoms. The highest BCUT2D eigenvalue weighted by molar-refractivity contribution is 6.00. The zero-order valence-electron chi connectivity index (χ0n) is 18.4. The number of nitrogens with zero attached hydrogens (tertiary/aromatic N) is 4. The maximum absolute atomic E-state index is 14.7. The molecular formula is C24H21F4N5O. The van der Waals surface area contributed by atoms with E-state index in [0.717, 1.165) is 18.2 Å². The molecule has 34 heavy (non-hydrogen) atoms. The van der Waals surface area contributed by atoms with Crippen molar-refractivity contribution in [1.29, 1.82) is 0 Å². The largest absolute Gasteiger partial charge is 0.419 e. The maximum Gasteiger partial charge on any atom is 0.419 e. The molecule has 2 aliphatic heterocycles. The number of benzene rings is 2. The average molecular weight is 471 g/mol. The van der Waals surface area contributed by atoms with Crippen molar-refractivity contribution in [3.8, 4) is 0 Å². The smallest absolute Gasteiger partial charge is 0.374 e. The number of fused-ring (bicyclic) bond motifs is 3. The lowest BCUT2D eigenvalue weighted by Crippen LogP contribution is -2.36. The molecule has 2 bridgehead atoms. The molecule has 2 saturated heterocycles. The summed E-state index contributed by atoms with van der Waals surface area (Å²) < 4.78 is 59.9. The molecule has 6 nitrogen and oxygen atoms in total. The Hall–Kier alpha value is -3.45. The van der Waals surface area contributed by atoms with Crippen molar-refractivity contribution < 1.29 is 22.3 Å². The van der Waals surface area contributed by atoms with Gasteiger partial charge in [0.1, 0.15) is 5.82 Å². The molecule has 3 atom stereocenters. The van der Waals surface area contributed by atoms with Crippen molar-refractivity contribution in [3.05, 3.63) is 64.4 Å². The molecule has 1 N–H and O–H groups in total. The van der Waals surface area contributed by atoms with Crippen LogP contribution in [0.1, 0.15) is 36.2 Å². The Labute approximate surface area is 193 Å². The first kappa shape index (κ1) is 22.3. The van der Waals surface area contributed by atoms with E-state index in [1.165, 1.54) is 12.1 Å². The van der Waals surface area contributed by atoms with Crippen LogP contribution in [0.3, 0.4) is 0 Å². The van der Waals surface area contributed by atoms with Crippen molar-refractivity contribution in [1.82, 2.24) is 10.2 Å². The monoisotopic (exact) mass is 471 g/mol. The van der Waals surface area contributed by atoms with Gasteiger partial charge in [0.25, 0.3) is 0 Å². The number of hydrogen-bond donors (Lipinski definition) is 1. The van der Waals surface area contributed by atoms with Gasteiger partial charge >= 0.3 is 6.18 Å². The second kappa shape index (κ2) is 8.09. The van der Waals surface area contributed by atoms with Crippen LogP contribution in [-0.2, 0) is 10.9 Å². The number of hydrogen-bond acceptors (Lipinski definition) is 5. The number of nitrogens with one attached hydrogen (secondary N) is 1. The molecule has 2 aliphatic rings. The van der Waals surface area contributed by atoms with E-state index in [1.807, 2.05) is 6.07 Å². The molecule has 0 radical (unpaired) electrons. The van der Waals surface area contributed by atoms with Crippen molar-refractivity contribution in [2.45, 2.75) is 44.6 Å². The van der Waals surface area contributed by atoms with Crippen LogP contribution in [-0.4, -0.2) is 35.5 Å². The fourth-order valence-corrected chi connectivity index (χ4v) is 4.81. The minimum absolute atomic E-state index is 0.127. The predicted molar refractivity (Wildman–Crippen MR) is 119 cm³/mol. The van der Waals surface area contributed by atoms with E-state index < -0.39 is 23.6 Å². The highest BCUT2D eigenvalue weighted by atomic mass is 19.4. The van der Waals surface area contributed by atoms with Gasteiger partial charge in [0.05, 0.1) is 42.6 Å². The SMILES string of the molecule is [C-]#[N+]c1cc2c(C)nnc(N[C@H](C)c3cccc(C(F)(F)F)c3F)c2cc1N1C[C@H]2C[C@@H]1CO2. The highest BCUT2D eigenvalue weighted by Gasteiger charge is 2.40. The van der Waals surface area contributed by atoms with Gasteiger partial charge in [-0.05, 0) is 43.9 Å². The summed E-state index contributed by atoms with van der Waals surface area (Å²) in [5.74, 6) is -1.01. The summed E-state index contributed by atoms with van der Waals surface area (Å²) in [5, 5.41) is 12.8. The number of morpholine rings is 1. The summed E-state index contributed by atoms with van der Waals surface area (Å²) in [5.41, 5.74) is 0.415. The number of anilines is 2. The topological polar surface area (TPSA) is 54.6 Å². The summed E-state index contributed by atoms with van der Waals surface area (Å²) in [6.45, 7) is 12.3. The van der Waals surface area contributed by atoms with Crippen LogP contribution in [0, 0.1) is 19.3 Å². The number of ether oxygens (including phenoxy) is 1. The van der Waals surface area contributed by atoms with E-state index in [9.17, 15) is 17.6 Å². The highest BCUT2D eigenvalue weighted by Crippen LogP contribution is 2.42.